The predicted octanol–water partition coefficient (Wildman–Crippen LogP) is 3.07. The van der Waals surface area contributed by atoms with Gasteiger partial charge in [0.25, 0.3) is 0 Å². The Morgan fingerprint density at radius 2 is 2.04 bits per heavy atom. The molecule has 7 heteroatoms. The second-order valence-corrected chi connectivity index (χ2v) is 6.66. The molecule has 3 aromatic heterocycles. The number of anilines is 1. The van der Waals surface area contributed by atoms with Gasteiger partial charge in [0.15, 0.2) is 11.6 Å². The van der Waals surface area contributed by atoms with Crippen LogP contribution in [0, 0.1) is 0 Å². The summed E-state index contributed by atoms with van der Waals surface area (Å²) in [5.74, 6) is 1.75. The maximum atomic E-state index is 5.48. The summed E-state index contributed by atoms with van der Waals surface area (Å²) in [6.07, 6.45) is 1.83. The van der Waals surface area contributed by atoms with E-state index in [-0.39, 0.29) is 0 Å². The third-order valence-electron chi connectivity index (χ3n) is 4.32. The van der Waals surface area contributed by atoms with Crippen LogP contribution in [0.1, 0.15) is 0 Å². The number of hydrogen-bond acceptors (Lipinski definition) is 6. The molecule has 0 spiro atoms. The fourth-order valence-corrected chi connectivity index (χ4v) is 3.97. The number of morpholine rings is 1. The van der Waals surface area contributed by atoms with Crippen molar-refractivity contribution in [2.45, 2.75) is 0 Å². The van der Waals surface area contributed by atoms with Crippen LogP contribution in [0.25, 0.3) is 32.5 Å². The molecule has 1 N–H and O–H groups in total. The third kappa shape index (κ3) is 2.16. The van der Waals surface area contributed by atoms with Crippen molar-refractivity contribution in [2.75, 3.05) is 31.2 Å². The minimum Gasteiger partial charge on any atom is -0.378 e. The Balaban J connectivity index is 1.73. The number of rotatable bonds is 2. The fourth-order valence-electron chi connectivity index (χ4n) is 3.12. The summed E-state index contributed by atoms with van der Waals surface area (Å²) in [7, 11) is 0. The maximum absolute atomic E-state index is 5.48. The lowest BCUT2D eigenvalue weighted by Gasteiger charge is -2.28. The number of benzene rings is 1. The van der Waals surface area contributed by atoms with Gasteiger partial charge in [-0.2, -0.15) is 5.10 Å². The van der Waals surface area contributed by atoms with Gasteiger partial charge in [-0.25, -0.2) is 9.97 Å². The Labute approximate surface area is 142 Å². The van der Waals surface area contributed by atoms with Crippen molar-refractivity contribution in [3.8, 4) is 11.4 Å². The van der Waals surface area contributed by atoms with Crippen LogP contribution in [0.4, 0.5) is 5.82 Å². The van der Waals surface area contributed by atoms with Crippen molar-refractivity contribution in [2.24, 2.45) is 0 Å². The summed E-state index contributed by atoms with van der Waals surface area (Å²) in [4.78, 5) is 12.0. The summed E-state index contributed by atoms with van der Waals surface area (Å²) in [6.45, 7) is 3.20. The molecule has 6 nitrogen and oxygen atoms in total. The molecule has 4 aromatic rings. The van der Waals surface area contributed by atoms with E-state index in [0.717, 1.165) is 64.6 Å². The van der Waals surface area contributed by atoms with Crippen LogP contribution < -0.4 is 4.90 Å². The van der Waals surface area contributed by atoms with Gasteiger partial charge in [0.2, 0.25) is 0 Å². The Bertz CT molecular complexity index is 1020. The van der Waals surface area contributed by atoms with Gasteiger partial charge in [0, 0.05) is 24.0 Å². The topological polar surface area (TPSA) is 66.9 Å². The number of H-pyrrole nitrogens is 1. The first-order valence-corrected chi connectivity index (χ1v) is 8.78. The molecule has 1 saturated heterocycles. The number of nitrogens with zero attached hydrogens (tertiary/aromatic N) is 4. The molecule has 24 heavy (non-hydrogen) atoms. The van der Waals surface area contributed by atoms with E-state index >= 15 is 0 Å². The van der Waals surface area contributed by atoms with Crippen LogP contribution in [-0.2, 0) is 4.74 Å². The standard InChI is InChI=1S/C17H15N5OS/c1-2-11(12-10-18-21-13(12)3-1)16-19-14-4-9-24-15(14)17(20-16)22-5-7-23-8-6-22/h1-4,9-10H,5-8H2,(H,18,21). The number of fused-ring (bicyclic) bond motifs is 2. The lowest BCUT2D eigenvalue weighted by molar-refractivity contribution is 0.122. The number of aromatic amines is 1. The van der Waals surface area contributed by atoms with E-state index in [4.69, 9.17) is 14.7 Å². The summed E-state index contributed by atoms with van der Waals surface area (Å²) >= 11 is 1.69. The van der Waals surface area contributed by atoms with Gasteiger partial charge in [-0.3, -0.25) is 5.10 Å². The minimum atomic E-state index is 0.740. The summed E-state index contributed by atoms with van der Waals surface area (Å²) < 4.78 is 6.62. The summed E-state index contributed by atoms with van der Waals surface area (Å²) in [5.41, 5.74) is 2.99. The van der Waals surface area contributed by atoms with Crippen LogP contribution in [0.5, 0.6) is 0 Å². The molecule has 4 heterocycles. The van der Waals surface area contributed by atoms with E-state index in [1.807, 2.05) is 18.3 Å². The molecule has 1 aromatic carbocycles. The molecule has 5 rings (SSSR count). The molecule has 0 atom stereocenters. The second kappa shape index (κ2) is 5.54. The van der Waals surface area contributed by atoms with Gasteiger partial charge in [-0.1, -0.05) is 12.1 Å². The molecule has 1 aliphatic rings. The molecular weight excluding hydrogens is 322 g/mol. The fraction of sp³-hybridized carbons (Fsp3) is 0.235. The number of hydrogen-bond donors (Lipinski definition) is 1. The number of thiophene rings is 1. The van der Waals surface area contributed by atoms with Crippen molar-refractivity contribution in [1.29, 1.82) is 0 Å². The highest BCUT2D eigenvalue weighted by Gasteiger charge is 2.19. The van der Waals surface area contributed by atoms with Crippen molar-refractivity contribution >= 4 is 38.3 Å². The van der Waals surface area contributed by atoms with Crippen molar-refractivity contribution < 1.29 is 4.74 Å². The smallest absolute Gasteiger partial charge is 0.162 e. The molecule has 0 saturated carbocycles. The largest absolute Gasteiger partial charge is 0.378 e. The molecule has 0 radical (unpaired) electrons. The molecular formula is C17H15N5OS. The number of nitrogens with one attached hydrogen (secondary N) is 1. The molecule has 0 unspecified atom stereocenters. The van der Waals surface area contributed by atoms with E-state index in [1.54, 1.807) is 11.3 Å². The second-order valence-electron chi connectivity index (χ2n) is 5.74. The highest BCUT2D eigenvalue weighted by atomic mass is 32.1. The van der Waals surface area contributed by atoms with Crippen LogP contribution in [0.15, 0.2) is 35.8 Å². The Morgan fingerprint density at radius 3 is 2.96 bits per heavy atom. The average Bonchev–Trinajstić information content (AvgIpc) is 3.30. The zero-order valence-corrected chi connectivity index (χ0v) is 13.7. The normalized spacial score (nSPS) is 15.4. The van der Waals surface area contributed by atoms with Crippen LogP contribution in [0.3, 0.4) is 0 Å². The van der Waals surface area contributed by atoms with E-state index in [9.17, 15) is 0 Å². The first-order valence-electron chi connectivity index (χ1n) is 7.90. The van der Waals surface area contributed by atoms with E-state index in [2.05, 4.69) is 32.6 Å². The lowest BCUT2D eigenvalue weighted by atomic mass is 10.1. The van der Waals surface area contributed by atoms with Crippen molar-refractivity contribution in [1.82, 2.24) is 20.2 Å². The van der Waals surface area contributed by atoms with Gasteiger partial charge in [-0.15, -0.1) is 11.3 Å². The first kappa shape index (κ1) is 13.9. The van der Waals surface area contributed by atoms with Gasteiger partial charge in [0.05, 0.1) is 35.1 Å². The predicted molar refractivity (Wildman–Crippen MR) is 95.5 cm³/mol. The molecule has 0 bridgehead atoms. The molecule has 1 aliphatic heterocycles. The minimum absolute atomic E-state index is 0.740. The maximum Gasteiger partial charge on any atom is 0.162 e. The monoisotopic (exact) mass is 337 g/mol. The quantitative estimate of drug-likeness (QED) is 0.609. The Morgan fingerprint density at radius 1 is 1.12 bits per heavy atom. The third-order valence-corrected chi connectivity index (χ3v) is 5.22. The molecule has 0 amide bonds. The van der Waals surface area contributed by atoms with Gasteiger partial charge in [-0.05, 0) is 17.5 Å². The highest BCUT2D eigenvalue weighted by molar-refractivity contribution is 7.17. The van der Waals surface area contributed by atoms with Crippen LogP contribution >= 0.6 is 11.3 Å². The van der Waals surface area contributed by atoms with Gasteiger partial charge >= 0.3 is 0 Å². The van der Waals surface area contributed by atoms with E-state index in [1.165, 1.54) is 0 Å². The van der Waals surface area contributed by atoms with E-state index < -0.39 is 0 Å². The highest BCUT2D eigenvalue weighted by Crippen LogP contribution is 2.33. The van der Waals surface area contributed by atoms with Gasteiger partial charge in [0.1, 0.15) is 0 Å². The lowest BCUT2D eigenvalue weighted by Crippen LogP contribution is -2.36. The average molecular weight is 337 g/mol. The number of ether oxygens (including phenoxy) is 1. The summed E-state index contributed by atoms with van der Waals surface area (Å²) in [5, 5.41) is 10.3. The van der Waals surface area contributed by atoms with Crippen LogP contribution in [0.2, 0.25) is 0 Å². The Hall–Kier alpha value is -2.51. The van der Waals surface area contributed by atoms with Gasteiger partial charge < -0.3 is 9.64 Å². The molecule has 1 fully saturated rings. The van der Waals surface area contributed by atoms with Crippen molar-refractivity contribution in [3.63, 3.8) is 0 Å². The molecule has 120 valence electrons. The summed E-state index contributed by atoms with van der Waals surface area (Å²) in [6, 6.07) is 8.13. The van der Waals surface area contributed by atoms with Crippen molar-refractivity contribution in [3.05, 3.63) is 35.8 Å². The van der Waals surface area contributed by atoms with E-state index in [0.29, 0.717) is 0 Å². The zero-order chi connectivity index (χ0) is 15.9. The number of aromatic nitrogens is 4. The Kier molecular flexibility index (Phi) is 3.20. The molecule has 0 aliphatic carbocycles. The zero-order valence-electron chi connectivity index (χ0n) is 12.9. The first-order chi connectivity index (χ1) is 11.9. The SMILES string of the molecule is c1cc(-c2nc(N3CCOCC3)c3sccc3n2)c2cn[nH]c2c1. The van der Waals surface area contributed by atoms with Crippen LogP contribution in [-0.4, -0.2) is 46.5 Å².